The number of anilines is 2. The molecule has 0 saturated carbocycles. The summed E-state index contributed by atoms with van der Waals surface area (Å²) < 4.78 is 0. The van der Waals surface area contributed by atoms with E-state index in [9.17, 15) is 9.59 Å². The number of nitrogens with zero attached hydrogens (tertiary/aromatic N) is 4. The van der Waals surface area contributed by atoms with Gasteiger partial charge < -0.3 is 15.5 Å². The normalized spacial score (nSPS) is 17.3. The number of hydrogen-bond acceptors (Lipinski definition) is 6. The Hall–Kier alpha value is -3.03. The number of hydrogen-bond donors (Lipinski definition) is 2. The van der Waals surface area contributed by atoms with Crippen LogP contribution < -0.4 is 15.5 Å². The number of rotatable bonds is 4. The summed E-state index contributed by atoms with van der Waals surface area (Å²) in [5.74, 6) is -0.141. The first kappa shape index (κ1) is 16.8. The number of carbonyl (C=O) groups is 2. The van der Waals surface area contributed by atoms with Gasteiger partial charge in [-0.25, -0.2) is 9.97 Å². The second-order valence-corrected chi connectivity index (χ2v) is 5.84. The molecule has 0 bridgehead atoms. The molecule has 2 aromatic heterocycles. The van der Waals surface area contributed by atoms with Gasteiger partial charge in [-0.3, -0.25) is 14.6 Å². The molecule has 1 fully saturated rings. The van der Waals surface area contributed by atoms with Crippen LogP contribution in [0.15, 0.2) is 30.6 Å². The molecule has 25 heavy (non-hydrogen) atoms. The topological polar surface area (TPSA) is 100 Å². The molecule has 1 aliphatic rings. The van der Waals surface area contributed by atoms with Crippen molar-refractivity contribution in [2.45, 2.75) is 25.8 Å². The number of aryl methyl sites for hydroxylation is 1. The largest absolute Gasteiger partial charge is 0.357 e. The van der Waals surface area contributed by atoms with Crippen LogP contribution in [0.3, 0.4) is 0 Å². The third-order valence-corrected chi connectivity index (χ3v) is 4.01. The molecule has 3 rings (SSSR count). The lowest BCUT2D eigenvalue weighted by molar-refractivity contribution is -0.121. The Morgan fingerprint density at radius 1 is 1.36 bits per heavy atom. The van der Waals surface area contributed by atoms with Crippen LogP contribution in [0.4, 0.5) is 11.6 Å². The SMILES string of the molecule is CNc1nc(C)cc(C(=O)N[C@H]2CCCN(c3cccnc3)C2=O)n1. The molecule has 8 nitrogen and oxygen atoms in total. The smallest absolute Gasteiger partial charge is 0.270 e. The monoisotopic (exact) mass is 340 g/mol. The predicted molar refractivity (Wildman–Crippen MR) is 93.4 cm³/mol. The minimum atomic E-state index is -0.574. The lowest BCUT2D eigenvalue weighted by atomic mass is 10.0. The molecule has 3 heterocycles. The second kappa shape index (κ2) is 7.25. The fourth-order valence-electron chi connectivity index (χ4n) is 2.81. The van der Waals surface area contributed by atoms with Crippen LogP contribution in [0.25, 0.3) is 0 Å². The van der Waals surface area contributed by atoms with E-state index < -0.39 is 6.04 Å². The Morgan fingerprint density at radius 3 is 2.92 bits per heavy atom. The molecule has 2 amide bonds. The molecule has 0 radical (unpaired) electrons. The van der Waals surface area contributed by atoms with Gasteiger partial charge in [-0.05, 0) is 38.0 Å². The van der Waals surface area contributed by atoms with Gasteiger partial charge in [-0.1, -0.05) is 0 Å². The van der Waals surface area contributed by atoms with Crippen molar-refractivity contribution in [3.63, 3.8) is 0 Å². The van der Waals surface area contributed by atoms with Crippen molar-refractivity contribution >= 4 is 23.5 Å². The predicted octanol–water partition coefficient (Wildman–Crippen LogP) is 1.15. The van der Waals surface area contributed by atoms with E-state index >= 15 is 0 Å². The maximum absolute atomic E-state index is 12.7. The summed E-state index contributed by atoms with van der Waals surface area (Å²) in [5.41, 5.74) is 1.65. The van der Waals surface area contributed by atoms with Crippen LogP contribution in [0.5, 0.6) is 0 Å². The van der Waals surface area contributed by atoms with E-state index in [1.54, 1.807) is 43.4 Å². The number of nitrogens with one attached hydrogen (secondary N) is 2. The third-order valence-electron chi connectivity index (χ3n) is 4.01. The average molecular weight is 340 g/mol. The number of aromatic nitrogens is 3. The summed E-state index contributed by atoms with van der Waals surface area (Å²) in [6.45, 7) is 2.41. The van der Waals surface area contributed by atoms with Crippen LogP contribution >= 0.6 is 0 Å². The van der Waals surface area contributed by atoms with E-state index in [0.29, 0.717) is 24.6 Å². The highest BCUT2D eigenvalue weighted by molar-refractivity contribution is 6.02. The first-order chi connectivity index (χ1) is 12.1. The van der Waals surface area contributed by atoms with E-state index in [1.807, 2.05) is 6.07 Å². The van der Waals surface area contributed by atoms with Gasteiger partial charge in [-0.15, -0.1) is 0 Å². The van der Waals surface area contributed by atoms with Crippen molar-refractivity contribution < 1.29 is 9.59 Å². The van der Waals surface area contributed by atoms with Gasteiger partial charge in [-0.2, -0.15) is 0 Å². The van der Waals surface area contributed by atoms with Crippen molar-refractivity contribution in [3.8, 4) is 0 Å². The molecule has 1 atom stereocenters. The standard InChI is InChI=1S/C17H20N6O2/c1-11-9-14(22-17(18-2)20-11)15(24)21-13-6-4-8-23(16(13)25)12-5-3-7-19-10-12/h3,5,7,9-10,13H,4,6,8H2,1-2H3,(H,21,24)(H,18,20,22)/t13-/m0/s1. The molecular formula is C17H20N6O2. The molecule has 0 unspecified atom stereocenters. The van der Waals surface area contributed by atoms with Gasteiger partial charge in [0.25, 0.3) is 5.91 Å². The molecule has 0 spiro atoms. The van der Waals surface area contributed by atoms with Gasteiger partial charge in [0.15, 0.2) is 0 Å². The maximum atomic E-state index is 12.7. The fourth-order valence-corrected chi connectivity index (χ4v) is 2.81. The zero-order valence-electron chi connectivity index (χ0n) is 14.2. The minimum absolute atomic E-state index is 0.132. The maximum Gasteiger partial charge on any atom is 0.270 e. The van der Waals surface area contributed by atoms with Crippen LogP contribution in [0.2, 0.25) is 0 Å². The molecule has 2 N–H and O–H groups in total. The molecule has 8 heteroatoms. The summed E-state index contributed by atoms with van der Waals surface area (Å²) in [7, 11) is 1.69. The molecule has 130 valence electrons. The Kier molecular flexibility index (Phi) is 4.87. The quantitative estimate of drug-likeness (QED) is 0.866. The number of pyridine rings is 1. The fraction of sp³-hybridized carbons (Fsp3) is 0.353. The average Bonchev–Trinajstić information content (AvgIpc) is 2.63. The second-order valence-electron chi connectivity index (χ2n) is 5.84. The highest BCUT2D eigenvalue weighted by Crippen LogP contribution is 2.20. The number of amides is 2. The van der Waals surface area contributed by atoms with Crippen molar-refractivity contribution in [1.29, 1.82) is 0 Å². The summed E-state index contributed by atoms with van der Waals surface area (Å²) in [6.07, 6.45) is 4.71. The molecule has 0 aromatic carbocycles. The van der Waals surface area contributed by atoms with Crippen LogP contribution in [0, 0.1) is 6.92 Å². The van der Waals surface area contributed by atoms with E-state index in [1.165, 1.54) is 0 Å². The van der Waals surface area contributed by atoms with Crippen molar-refractivity contribution in [3.05, 3.63) is 42.0 Å². The summed E-state index contributed by atoms with van der Waals surface area (Å²) in [4.78, 5) is 39.3. The van der Waals surface area contributed by atoms with Crippen molar-refractivity contribution in [2.75, 3.05) is 23.8 Å². The van der Waals surface area contributed by atoms with Crippen LogP contribution in [0.1, 0.15) is 29.0 Å². The summed E-state index contributed by atoms with van der Waals surface area (Å²) in [6, 6.07) is 4.65. The van der Waals surface area contributed by atoms with Crippen molar-refractivity contribution in [2.24, 2.45) is 0 Å². The summed E-state index contributed by atoms with van der Waals surface area (Å²) in [5, 5.41) is 5.61. The van der Waals surface area contributed by atoms with E-state index in [2.05, 4.69) is 25.6 Å². The van der Waals surface area contributed by atoms with E-state index in [4.69, 9.17) is 0 Å². The molecular weight excluding hydrogens is 320 g/mol. The molecule has 1 saturated heterocycles. The first-order valence-corrected chi connectivity index (χ1v) is 8.14. The zero-order valence-corrected chi connectivity index (χ0v) is 14.2. The van der Waals surface area contributed by atoms with Gasteiger partial charge in [0.2, 0.25) is 11.9 Å². The lowest BCUT2D eigenvalue weighted by Gasteiger charge is -2.32. The number of piperidine rings is 1. The van der Waals surface area contributed by atoms with E-state index in [0.717, 1.165) is 12.1 Å². The zero-order chi connectivity index (χ0) is 17.8. The van der Waals surface area contributed by atoms with E-state index in [-0.39, 0.29) is 17.5 Å². The van der Waals surface area contributed by atoms with Crippen LogP contribution in [-0.4, -0.2) is 46.4 Å². The third kappa shape index (κ3) is 3.73. The van der Waals surface area contributed by atoms with Crippen molar-refractivity contribution in [1.82, 2.24) is 20.3 Å². The lowest BCUT2D eigenvalue weighted by Crippen LogP contribution is -2.52. The van der Waals surface area contributed by atoms with Gasteiger partial charge >= 0.3 is 0 Å². The Balaban J connectivity index is 1.75. The number of carbonyl (C=O) groups excluding carboxylic acids is 2. The molecule has 1 aliphatic heterocycles. The van der Waals surface area contributed by atoms with Crippen LogP contribution in [-0.2, 0) is 4.79 Å². The minimum Gasteiger partial charge on any atom is -0.357 e. The Labute approximate surface area is 145 Å². The summed E-state index contributed by atoms with van der Waals surface area (Å²) >= 11 is 0. The van der Waals surface area contributed by atoms with Gasteiger partial charge in [0.05, 0.1) is 11.9 Å². The molecule has 2 aromatic rings. The highest BCUT2D eigenvalue weighted by atomic mass is 16.2. The Bertz CT molecular complexity index is 780. The van der Waals surface area contributed by atoms with Gasteiger partial charge in [0, 0.05) is 25.5 Å². The highest BCUT2D eigenvalue weighted by Gasteiger charge is 2.31. The first-order valence-electron chi connectivity index (χ1n) is 8.14. The molecule has 0 aliphatic carbocycles. The van der Waals surface area contributed by atoms with Gasteiger partial charge in [0.1, 0.15) is 11.7 Å². The Morgan fingerprint density at radius 2 is 2.20 bits per heavy atom.